The lowest BCUT2D eigenvalue weighted by atomic mass is 10.1. The average Bonchev–Trinajstić information content (AvgIpc) is 2.76. The third-order valence-corrected chi connectivity index (χ3v) is 6.98. The number of para-hydroxylation sites is 1. The first-order valence-corrected chi connectivity index (χ1v) is 10.7. The summed E-state index contributed by atoms with van der Waals surface area (Å²) in [5.74, 6) is -3.14. The van der Waals surface area contributed by atoms with Crippen molar-refractivity contribution in [3.8, 4) is 5.75 Å². The molecule has 1 amide bonds. The quantitative estimate of drug-likeness (QED) is 0.527. The number of hydrogen-bond acceptors (Lipinski definition) is 5. The van der Waals surface area contributed by atoms with Crippen LogP contribution in [0.25, 0.3) is 10.9 Å². The fraction of sp³-hybridized carbons (Fsp3) is 0.190. The molecule has 2 unspecified atom stereocenters. The SMILES string of the molecule is O=C(O)CNC(=O)c1c(O)c2cccc3c2n(c1=O)CC(c1ccc(C(F)(F)F)cc1)S3=O. The molecule has 0 radical (unpaired) electrons. The molecular formula is C21H15F3N2O6S. The number of halogens is 3. The number of hydrogen-bond donors (Lipinski definition) is 3. The topological polar surface area (TPSA) is 126 Å². The van der Waals surface area contributed by atoms with Crippen molar-refractivity contribution in [2.45, 2.75) is 22.9 Å². The van der Waals surface area contributed by atoms with Gasteiger partial charge in [-0.05, 0) is 29.8 Å². The molecule has 0 saturated carbocycles. The number of carboxylic acid groups (broad SMARTS) is 1. The minimum Gasteiger partial charge on any atom is -0.506 e. The third kappa shape index (κ3) is 3.86. The number of aromatic hydroxyl groups is 1. The number of amides is 1. The molecule has 8 nitrogen and oxygen atoms in total. The maximum Gasteiger partial charge on any atom is 0.416 e. The lowest BCUT2D eigenvalue weighted by Crippen LogP contribution is -2.38. The lowest BCUT2D eigenvalue weighted by Gasteiger charge is -2.27. The third-order valence-electron chi connectivity index (χ3n) is 5.28. The molecule has 33 heavy (non-hydrogen) atoms. The number of rotatable bonds is 4. The number of aliphatic carboxylic acids is 1. The van der Waals surface area contributed by atoms with E-state index in [1.165, 1.54) is 30.3 Å². The van der Waals surface area contributed by atoms with Gasteiger partial charge in [0, 0.05) is 11.9 Å². The van der Waals surface area contributed by atoms with Gasteiger partial charge in [-0.25, -0.2) is 0 Å². The molecule has 0 fully saturated rings. The summed E-state index contributed by atoms with van der Waals surface area (Å²) in [5, 5.41) is 20.5. The minimum absolute atomic E-state index is 0.0618. The Morgan fingerprint density at radius 3 is 2.42 bits per heavy atom. The molecule has 4 rings (SSSR count). The van der Waals surface area contributed by atoms with Crippen molar-refractivity contribution in [3.05, 3.63) is 69.5 Å². The Kier molecular flexibility index (Phi) is 5.48. The molecule has 2 heterocycles. The number of alkyl halides is 3. The highest BCUT2D eigenvalue weighted by molar-refractivity contribution is 7.85. The van der Waals surface area contributed by atoms with Gasteiger partial charge < -0.3 is 20.1 Å². The van der Waals surface area contributed by atoms with Gasteiger partial charge in [-0.1, -0.05) is 18.2 Å². The van der Waals surface area contributed by atoms with E-state index in [0.717, 1.165) is 16.7 Å². The first-order chi connectivity index (χ1) is 15.5. The molecule has 3 N–H and O–H groups in total. The number of nitrogens with zero attached hydrogens (tertiary/aromatic N) is 1. The van der Waals surface area contributed by atoms with E-state index >= 15 is 0 Å². The van der Waals surface area contributed by atoms with E-state index in [1.807, 2.05) is 5.32 Å². The van der Waals surface area contributed by atoms with Gasteiger partial charge >= 0.3 is 12.1 Å². The van der Waals surface area contributed by atoms with Crippen molar-refractivity contribution in [2.75, 3.05) is 6.54 Å². The van der Waals surface area contributed by atoms with Gasteiger partial charge in [0.25, 0.3) is 11.5 Å². The van der Waals surface area contributed by atoms with Crippen molar-refractivity contribution in [1.29, 1.82) is 0 Å². The summed E-state index contributed by atoms with van der Waals surface area (Å²) in [6.07, 6.45) is -4.55. The first kappa shape index (κ1) is 22.5. The largest absolute Gasteiger partial charge is 0.506 e. The Morgan fingerprint density at radius 2 is 1.82 bits per heavy atom. The van der Waals surface area contributed by atoms with Crippen LogP contribution in [0.3, 0.4) is 0 Å². The molecule has 1 aromatic heterocycles. The standard InChI is InChI=1S/C21H15F3N2O6S/c22-21(23,24)11-6-4-10(5-7-11)14-9-26-17-12(2-1-3-13(17)33(14)32)18(29)16(20(26)31)19(30)25-8-15(27)28/h1-7,14,29H,8-9H2,(H,25,30)(H,27,28). The number of benzene rings is 2. The predicted molar refractivity (Wildman–Crippen MR) is 110 cm³/mol. The van der Waals surface area contributed by atoms with Crippen LogP contribution in [0.2, 0.25) is 0 Å². The Bertz CT molecular complexity index is 1380. The highest BCUT2D eigenvalue weighted by atomic mass is 32.2. The maximum absolute atomic E-state index is 13.3. The molecule has 2 atom stereocenters. The summed E-state index contributed by atoms with van der Waals surface area (Å²) >= 11 is 0. The Morgan fingerprint density at radius 1 is 1.15 bits per heavy atom. The van der Waals surface area contributed by atoms with E-state index in [-0.39, 0.29) is 22.3 Å². The van der Waals surface area contributed by atoms with Gasteiger partial charge in [0.2, 0.25) is 0 Å². The van der Waals surface area contributed by atoms with Gasteiger partial charge in [0.15, 0.2) is 0 Å². The zero-order chi connectivity index (χ0) is 24.1. The number of carbonyl (C=O) groups is 2. The molecule has 12 heteroatoms. The number of aromatic nitrogens is 1. The van der Waals surface area contributed by atoms with Crippen LogP contribution in [-0.2, 0) is 28.3 Å². The number of pyridine rings is 1. The Labute approximate surface area is 185 Å². The smallest absolute Gasteiger partial charge is 0.416 e. The van der Waals surface area contributed by atoms with Crippen molar-refractivity contribution in [1.82, 2.24) is 9.88 Å². The van der Waals surface area contributed by atoms with E-state index in [9.17, 15) is 36.9 Å². The second-order valence-corrected chi connectivity index (χ2v) is 8.88. The van der Waals surface area contributed by atoms with Gasteiger partial charge in [-0.2, -0.15) is 13.2 Å². The van der Waals surface area contributed by atoms with Crippen LogP contribution in [0.4, 0.5) is 13.2 Å². The summed E-state index contributed by atoms with van der Waals surface area (Å²) < 4.78 is 53.1. The number of nitrogens with one attached hydrogen (secondary N) is 1. The molecule has 3 aromatic rings. The maximum atomic E-state index is 13.3. The molecule has 1 aliphatic heterocycles. The van der Waals surface area contributed by atoms with Gasteiger partial charge in [-0.3, -0.25) is 18.6 Å². The fourth-order valence-corrected chi connectivity index (χ4v) is 5.37. The van der Waals surface area contributed by atoms with Crippen LogP contribution in [-0.4, -0.2) is 37.4 Å². The Hall–Kier alpha value is -3.67. The second-order valence-electron chi connectivity index (χ2n) is 7.27. The number of carbonyl (C=O) groups excluding carboxylic acids is 1. The molecule has 0 spiro atoms. The van der Waals surface area contributed by atoms with Crippen LogP contribution in [0.1, 0.15) is 26.7 Å². The van der Waals surface area contributed by atoms with Crippen LogP contribution in [0, 0.1) is 0 Å². The van der Waals surface area contributed by atoms with Crippen molar-refractivity contribution in [3.63, 3.8) is 0 Å². The molecule has 172 valence electrons. The molecule has 0 bridgehead atoms. The van der Waals surface area contributed by atoms with E-state index < -0.39 is 63.1 Å². The van der Waals surface area contributed by atoms with Crippen LogP contribution < -0.4 is 10.9 Å². The van der Waals surface area contributed by atoms with E-state index in [1.54, 1.807) is 0 Å². The van der Waals surface area contributed by atoms with E-state index in [4.69, 9.17) is 5.11 Å². The van der Waals surface area contributed by atoms with Crippen molar-refractivity contribution < 1.29 is 37.2 Å². The Balaban J connectivity index is 1.85. The van der Waals surface area contributed by atoms with Gasteiger partial charge in [0.05, 0.1) is 32.0 Å². The number of carboxylic acids is 1. The van der Waals surface area contributed by atoms with Crippen molar-refractivity contribution in [2.24, 2.45) is 0 Å². The molecular weight excluding hydrogens is 465 g/mol. The van der Waals surface area contributed by atoms with Crippen LogP contribution in [0.15, 0.2) is 52.2 Å². The van der Waals surface area contributed by atoms with E-state index in [2.05, 4.69) is 0 Å². The highest BCUT2D eigenvalue weighted by Gasteiger charge is 2.34. The zero-order valence-corrected chi connectivity index (χ0v) is 17.4. The predicted octanol–water partition coefficient (Wildman–Crippen LogP) is 2.40. The molecule has 2 aromatic carbocycles. The van der Waals surface area contributed by atoms with Gasteiger partial charge in [0.1, 0.15) is 17.9 Å². The normalized spacial score (nSPS) is 17.7. The molecule has 1 aliphatic rings. The summed E-state index contributed by atoms with van der Waals surface area (Å²) in [5.41, 5.74) is -2.07. The molecule has 0 aliphatic carbocycles. The van der Waals surface area contributed by atoms with Gasteiger partial charge in [-0.15, -0.1) is 0 Å². The van der Waals surface area contributed by atoms with E-state index in [0.29, 0.717) is 5.56 Å². The zero-order valence-electron chi connectivity index (χ0n) is 16.5. The monoisotopic (exact) mass is 480 g/mol. The van der Waals surface area contributed by atoms with Crippen LogP contribution >= 0.6 is 0 Å². The van der Waals surface area contributed by atoms with Crippen LogP contribution in [0.5, 0.6) is 5.75 Å². The summed E-state index contributed by atoms with van der Waals surface area (Å²) in [6, 6.07) is 8.41. The lowest BCUT2D eigenvalue weighted by molar-refractivity contribution is -0.138. The highest BCUT2D eigenvalue weighted by Crippen LogP contribution is 2.39. The van der Waals surface area contributed by atoms with Crippen molar-refractivity contribution >= 4 is 33.6 Å². The first-order valence-electron chi connectivity index (χ1n) is 9.47. The second kappa shape index (κ2) is 8.03. The average molecular weight is 480 g/mol. The summed E-state index contributed by atoms with van der Waals surface area (Å²) in [6.45, 7) is -1.02. The summed E-state index contributed by atoms with van der Waals surface area (Å²) in [4.78, 5) is 36.5. The summed E-state index contributed by atoms with van der Waals surface area (Å²) in [7, 11) is -1.78. The fourth-order valence-electron chi connectivity index (χ4n) is 3.75. The minimum atomic E-state index is -4.55. The molecule has 0 saturated heterocycles.